The molecule has 0 bridgehead atoms. The molecular formula is C17H13N3O2S2. The molecule has 4 rings (SSSR count). The summed E-state index contributed by atoms with van der Waals surface area (Å²) < 4.78 is 0.998. The third-order valence-corrected chi connectivity index (χ3v) is 6.05. The predicted octanol–water partition coefficient (Wildman–Crippen LogP) is 3.49. The first-order valence-electron chi connectivity index (χ1n) is 7.31. The number of nitrogens with two attached hydrogens (primary N) is 1. The van der Waals surface area contributed by atoms with Crippen molar-refractivity contribution in [3.05, 3.63) is 47.5 Å². The number of hydrogen-bond donors (Lipinski definition) is 2. The van der Waals surface area contributed by atoms with Crippen LogP contribution in [0.5, 0.6) is 0 Å². The highest BCUT2D eigenvalue weighted by Gasteiger charge is 2.27. The first-order valence-corrected chi connectivity index (χ1v) is 9.12. The molecule has 0 spiro atoms. The molecular weight excluding hydrogens is 342 g/mol. The molecule has 24 heavy (non-hydrogen) atoms. The molecule has 1 aliphatic heterocycles. The topological polar surface area (TPSA) is 88.6 Å². The van der Waals surface area contributed by atoms with Crippen LogP contribution < -0.4 is 5.73 Å². The summed E-state index contributed by atoms with van der Waals surface area (Å²) in [5.41, 5.74) is 9.77. The lowest BCUT2D eigenvalue weighted by molar-refractivity contribution is -0.137. The molecule has 0 saturated carbocycles. The van der Waals surface area contributed by atoms with Crippen LogP contribution in [-0.4, -0.2) is 32.9 Å². The minimum atomic E-state index is -0.896. The third-order valence-electron chi connectivity index (χ3n) is 3.77. The summed E-state index contributed by atoms with van der Waals surface area (Å²) in [6.45, 7) is 0. The van der Waals surface area contributed by atoms with Crippen molar-refractivity contribution < 1.29 is 9.90 Å². The predicted molar refractivity (Wildman–Crippen MR) is 99.9 cm³/mol. The van der Waals surface area contributed by atoms with Crippen molar-refractivity contribution >= 4 is 50.0 Å². The Balaban J connectivity index is 1.85. The summed E-state index contributed by atoms with van der Waals surface area (Å²) in [6, 6.07) is 13.0. The number of carboxylic acid groups (broad SMARTS) is 1. The number of aliphatic carboxylic acids is 1. The maximum Gasteiger partial charge on any atom is 0.329 e. The van der Waals surface area contributed by atoms with Gasteiger partial charge in [0.25, 0.3) is 0 Å². The van der Waals surface area contributed by atoms with E-state index in [1.54, 1.807) is 0 Å². The summed E-state index contributed by atoms with van der Waals surface area (Å²) in [4.78, 5) is 20.0. The van der Waals surface area contributed by atoms with Crippen LogP contribution in [0.2, 0.25) is 0 Å². The highest BCUT2D eigenvalue weighted by molar-refractivity contribution is 8.15. The number of nitrogens with zero attached hydrogens (tertiary/aromatic N) is 2. The van der Waals surface area contributed by atoms with Crippen molar-refractivity contribution in [1.29, 1.82) is 0 Å². The Morgan fingerprint density at radius 1 is 1.21 bits per heavy atom. The molecule has 0 amide bonds. The molecule has 7 heteroatoms. The molecule has 0 unspecified atom stereocenters. The molecule has 2 heterocycles. The van der Waals surface area contributed by atoms with E-state index in [0.29, 0.717) is 16.5 Å². The molecule has 2 aromatic carbocycles. The summed E-state index contributed by atoms with van der Waals surface area (Å²) in [5.74, 6) is -0.443. The Labute approximate surface area is 146 Å². The van der Waals surface area contributed by atoms with E-state index in [2.05, 4.69) is 9.98 Å². The molecule has 3 aromatic rings. The number of thiazole rings is 1. The number of carbonyl (C=O) groups is 1. The summed E-state index contributed by atoms with van der Waals surface area (Å²) >= 11 is 2.95. The van der Waals surface area contributed by atoms with Gasteiger partial charge >= 0.3 is 5.97 Å². The monoisotopic (exact) mass is 355 g/mol. The lowest BCUT2D eigenvalue weighted by Gasteiger charge is -2.06. The van der Waals surface area contributed by atoms with Crippen molar-refractivity contribution in [2.75, 3.05) is 11.5 Å². The van der Waals surface area contributed by atoms with Crippen LogP contribution >= 0.6 is 23.1 Å². The number of hydrogen-bond acceptors (Lipinski definition) is 6. The Hall–Kier alpha value is -2.38. The first-order chi connectivity index (χ1) is 11.6. The number of thioether (sulfide) groups is 1. The molecule has 1 aromatic heterocycles. The van der Waals surface area contributed by atoms with Gasteiger partial charge in [0.05, 0.1) is 10.2 Å². The number of benzene rings is 2. The van der Waals surface area contributed by atoms with Crippen LogP contribution in [0.1, 0.15) is 5.01 Å². The fraction of sp³-hybridized carbons (Fsp3) is 0.118. The lowest BCUT2D eigenvalue weighted by atomic mass is 10.0. The van der Waals surface area contributed by atoms with Gasteiger partial charge in [-0.05, 0) is 17.7 Å². The van der Waals surface area contributed by atoms with Gasteiger partial charge in [-0.25, -0.2) is 9.78 Å². The Bertz CT molecular complexity index is 967. The SMILES string of the molecule is Nc1ccc2nc(C3=N[C@@H](C(=O)O)CS3)sc2c1-c1ccccc1. The molecule has 3 N–H and O–H groups in total. The van der Waals surface area contributed by atoms with Crippen molar-refractivity contribution in [1.82, 2.24) is 4.98 Å². The fourth-order valence-corrected chi connectivity index (χ4v) is 4.86. The van der Waals surface area contributed by atoms with Crippen LogP contribution in [0, 0.1) is 0 Å². The second-order valence-corrected chi connectivity index (χ2v) is 7.37. The van der Waals surface area contributed by atoms with E-state index in [4.69, 9.17) is 10.8 Å². The highest BCUT2D eigenvalue weighted by Crippen LogP contribution is 2.39. The van der Waals surface area contributed by atoms with Crippen molar-refractivity contribution in [3.8, 4) is 11.1 Å². The van der Waals surface area contributed by atoms with E-state index in [9.17, 15) is 4.79 Å². The second-order valence-electron chi connectivity index (χ2n) is 5.36. The maximum atomic E-state index is 11.1. The number of anilines is 1. The molecule has 0 fully saturated rings. The zero-order valence-corrected chi connectivity index (χ0v) is 14.1. The number of carboxylic acids is 1. The Morgan fingerprint density at radius 2 is 2.00 bits per heavy atom. The Morgan fingerprint density at radius 3 is 2.71 bits per heavy atom. The average Bonchev–Trinajstić information content (AvgIpc) is 3.22. The molecule has 120 valence electrons. The number of nitrogen functional groups attached to an aromatic ring is 1. The summed E-state index contributed by atoms with van der Waals surface area (Å²) in [7, 11) is 0. The van der Waals surface area contributed by atoms with Gasteiger partial charge < -0.3 is 10.8 Å². The van der Waals surface area contributed by atoms with E-state index < -0.39 is 12.0 Å². The van der Waals surface area contributed by atoms with Crippen LogP contribution in [0.4, 0.5) is 5.69 Å². The standard InChI is InChI=1S/C17H13N3O2S2/c18-10-6-7-11-14(13(10)9-4-2-1-3-5-9)24-16(19-11)15-20-12(8-23-15)17(21)22/h1-7,12H,8,18H2,(H,21,22)/t12-/m1/s1. The minimum Gasteiger partial charge on any atom is -0.480 e. The number of rotatable bonds is 3. The Kier molecular flexibility index (Phi) is 3.74. The van der Waals surface area contributed by atoms with Gasteiger partial charge in [0.2, 0.25) is 0 Å². The largest absolute Gasteiger partial charge is 0.480 e. The van der Waals surface area contributed by atoms with E-state index in [1.165, 1.54) is 23.1 Å². The van der Waals surface area contributed by atoms with Gasteiger partial charge in [0.15, 0.2) is 6.04 Å². The van der Waals surface area contributed by atoms with E-state index in [0.717, 1.165) is 26.4 Å². The lowest BCUT2D eigenvalue weighted by Crippen LogP contribution is -2.17. The molecule has 5 nitrogen and oxygen atoms in total. The van der Waals surface area contributed by atoms with Crippen molar-refractivity contribution in [2.45, 2.75) is 6.04 Å². The van der Waals surface area contributed by atoms with Gasteiger partial charge in [-0.2, -0.15) is 0 Å². The van der Waals surface area contributed by atoms with E-state index >= 15 is 0 Å². The summed E-state index contributed by atoms with van der Waals surface area (Å²) in [5, 5.41) is 10.5. The summed E-state index contributed by atoms with van der Waals surface area (Å²) in [6.07, 6.45) is 0. The van der Waals surface area contributed by atoms with Crippen LogP contribution in [0.15, 0.2) is 47.5 Å². The molecule has 1 aliphatic rings. The van der Waals surface area contributed by atoms with Gasteiger partial charge in [0.1, 0.15) is 10.1 Å². The average molecular weight is 355 g/mol. The van der Waals surface area contributed by atoms with Crippen LogP contribution in [-0.2, 0) is 4.79 Å². The zero-order valence-electron chi connectivity index (χ0n) is 12.5. The van der Waals surface area contributed by atoms with Gasteiger partial charge in [0, 0.05) is 17.0 Å². The first kappa shape index (κ1) is 15.2. The third kappa shape index (κ3) is 2.55. The van der Waals surface area contributed by atoms with E-state index in [1.807, 2.05) is 42.5 Å². The molecule has 1 atom stereocenters. The van der Waals surface area contributed by atoms with Gasteiger partial charge in [-0.1, -0.05) is 30.3 Å². The molecule has 0 radical (unpaired) electrons. The smallest absolute Gasteiger partial charge is 0.329 e. The number of fused-ring (bicyclic) bond motifs is 1. The van der Waals surface area contributed by atoms with Gasteiger partial charge in [-0.15, -0.1) is 23.1 Å². The number of aromatic nitrogens is 1. The molecule has 0 saturated heterocycles. The maximum absolute atomic E-state index is 11.1. The second kappa shape index (κ2) is 5.92. The normalized spacial score (nSPS) is 17.2. The zero-order chi connectivity index (χ0) is 16.7. The van der Waals surface area contributed by atoms with Gasteiger partial charge in [-0.3, -0.25) is 4.99 Å². The minimum absolute atomic E-state index is 0.453. The van der Waals surface area contributed by atoms with Crippen molar-refractivity contribution in [3.63, 3.8) is 0 Å². The van der Waals surface area contributed by atoms with Crippen LogP contribution in [0.3, 0.4) is 0 Å². The number of aliphatic imine (C=N–C) groups is 1. The van der Waals surface area contributed by atoms with Crippen molar-refractivity contribution in [2.24, 2.45) is 4.99 Å². The highest BCUT2D eigenvalue weighted by atomic mass is 32.2. The quantitative estimate of drug-likeness (QED) is 0.702. The van der Waals surface area contributed by atoms with E-state index in [-0.39, 0.29) is 0 Å². The van der Waals surface area contributed by atoms with Crippen LogP contribution in [0.25, 0.3) is 21.3 Å². The molecule has 0 aliphatic carbocycles. The fourth-order valence-electron chi connectivity index (χ4n) is 2.62.